The lowest BCUT2D eigenvalue weighted by molar-refractivity contribution is -0.144. The lowest BCUT2D eigenvalue weighted by atomic mass is 9.93. The van der Waals surface area contributed by atoms with Gasteiger partial charge in [0.15, 0.2) is 0 Å². The zero-order valence-electron chi connectivity index (χ0n) is 11.8. The van der Waals surface area contributed by atoms with Crippen molar-refractivity contribution in [2.75, 3.05) is 13.1 Å². The fourth-order valence-electron chi connectivity index (χ4n) is 2.91. The van der Waals surface area contributed by atoms with Crippen LogP contribution in [0.4, 0.5) is 0 Å². The van der Waals surface area contributed by atoms with Crippen molar-refractivity contribution in [1.82, 2.24) is 4.90 Å². The van der Waals surface area contributed by atoms with E-state index in [0.717, 1.165) is 37.2 Å². The molecule has 1 saturated heterocycles. The molecule has 1 amide bonds. The average molecular weight is 272 g/mol. The van der Waals surface area contributed by atoms with E-state index in [2.05, 4.69) is 5.16 Å². The number of likely N-dealkylation sites (tertiary alicyclic amines) is 1. The van der Waals surface area contributed by atoms with Crippen molar-refractivity contribution in [2.45, 2.75) is 32.3 Å². The van der Waals surface area contributed by atoms with Gasteiger partial charge in [-0.2, -0.15) is 0 Å². The zero-order chi connectivity index (χ0) is 13.9. The Bertz CT molecular complexity index is 506. The molecule has 1 fully saturated rings. The molecule has 2 atom stereocenters. The number of hydrogen-bond donors (Lipinski definition) is 0. The van der Waals surface area contributed by atoms with Crippen LogP contribution in [0, 0.1) is 5.92 Å². The Hall–Kier alpha value is -1.84. The molecule has 106 valence electrons. The summed E-state index contributed by atoms with van der Waals surface area (Å²) in [5, 5.41) is 4.15. The van der Waals surface area contributed by atoms with Crippen LogP contribution in [0.2, 0.25) is 0 Å². The minimum atomic E-state index is -0.455. The van der Waals surface area contributed by atoms with Crippen molar-refractivity contribution < 1.29 is 9.63 Å². The van der Waals surface area contributed by atoms with E-state index in [9.17, 15) is 4.79 Å². The van der Waals surface area contributed by atoms with Gasteiger partial charge in [-0.1, -0.05) is 42.4 Å². The highest BCUT2D eigenvalue weighted by atomic mass is 16.6. The molecule has 2 aliphatic rings. The van der Waals surface area contributed by atoms with E-state index in [4.69, 9.17) is 4.84 Å². The van der Waals surface area contributed by atoms with Gasteiger partial charge in [0, 0.05) is 13.1 Å². The van der Waals surface area contributed by atoms with Gasteiger partial charge in [0.2, 0.25) is 6.10 Å². The summed E-state index contributed by atoms with van der Waals surface area (Å²) >= 11 is 0. The Labute approximate surface area is 119 Å². The molecule has 4 heteroatoms. The molecule has 0 bridgehead atoms. The number of piperidine rings is 1. The summed E-state index contributed by atoms with van der Waals surface area (Å²) in [6.45, 7) is 3.73. The molecule has 0 N–H and O–H groups in total. The predicted octanol–water partition coefficient (Wildman–Crippen LogP) is 2.44. The van der Waals surface area contributed by atoms with Crippen LogP contribution in [0.3, 0.4) is 0 Å². The van der Waals surface area contributed by atoms with Gasteiger partial charge in [-0.05, 0) is 24.8 Å². The molecule has 0 saturated carbocycles. The zero-order valence-corrected chi connectivity index (χ0v) is 11.8. The topological polar surface area (TPSA) is 41.9 Å². The third-order valence-electron chi connectivity index (χ3n) is 4.13. The quantitative estimate of drug-likeness (QED) is 0.829. The van der Waals surface area contributed by atoms with Gasteiger partial charge in [-0.3, -0.25) is 4.79 Å². The van der Waals surface area contributed by atoms with Crippen LogP contribution >= 0.6 is 0 Å². The van der Waals surface area contributed by atoms with Crippen molar-refractivity contribution in [3.05, 3.63) is 35.9 Å². The Kier molecular flexibility index (Phi) is 3.72. The number of amides is 1. The molecule has 0 aromatic heterocycles. The van der Waals surface area contributed by atoms with E-state index in [-0.39, 0.29) is 11.8 Å². The maximum atomic E-state index is 12.5. The molecule has 0 radical (unpaired) electrons. The summed E-state index contributed by atoms with van der Waals surface area (Å²) in [6.07, 6.45) is 2.96. The maximum absolute atomic E-state index is 12.5. The third kappa shape index (κ3) is 2.42. The number of oxime groups is 1. The van der Waals surface area contributed by atoms with Crippen LogP contribution in [0.25, 0.3) is 0 Å². The Balaban J connectivity index is 1.71. The van der Waals surface area contributed by atoms with Crippen LogP contribution in [0.1, 0.15) is 31.7 Å². The molecule has 1 aromatic rings. The van der Waals surface area contributed by atoms with Crippen LogP contribution < -0.4 is 0 Å². The Morgan fingerprint density at radius 2 is 1.90 bits per heavy atom. The second-order valence-electron chi connectivity index (χ2n) is 5.54. The smallest absolute Gasteiger partial charge is 0.267 e. The number of carbonyl (C=O) groups excluding carboxylic acids is 1. The minimum absolute atomic E-state index is 0.00632. The van der Waals surface area contributed by atoms with Gasteiger partial charge in [0.1, 0.15) is 0 Å². The normalized spacial score (nSPS) is 26.1. The van der Waals surface area contributed by atoms with E-state index in [1.165, 1.54) is 6.42 Å². The monoisotopic (exact) mass is 272 g/mol. The molecule has 0 aliphatic carbocycles. The highest BCUT2D eigenvalue weighted by Crippen LogP contribution is 2.25. The van der Waals surface area contributed by atoms with Crippen molar-refractivity contribution in [2.24, 2.45) is 11.1 Å². The van der Waals surface area contributed by atoms with Gasteiger partial charge in [0.05, 0.1) is 11.6 Å². The maximum Gasteiger partial charge on any atom is 0.267 e. The van der Waals surface area contributed by atoms with Gasteiger partial charge in [-0.25, -0.2) is 0 Å². The molecule has 0 spiro atoms. The molecule has 3 rings (SSSR count). The summed E-state index contributed by atoms with van der Waals surface area (Å²) in [4.78, 5) is 19.9. The number of hydrogen-bond acceptors (Lipinski definition) is 3. The fourth-order valence-corrected chi connectivity index (χ4v) is 2.91. The van der Waals surface area contributed by atoms with Crippen LogP contribution in [-0.2, 0) is 9.63 Å². The second-order valence-corrected chi connectivity index (χ2v) is 5.54. The van der Waals surface area contributed by atoms with Crippen LogP contribution in [0.15, 0.2) is 35.5 Å². The van der Waals surface area contributed by atoms with Gasteiger partial charge < -0.3 is 9.74 Å². The molecule has 2 heterocycles. The summed E-state index contributed by atoms with van der Waals surface area (Å²) in [5.41, 5.74) is 1.91. The van der Waals surface area contributed by atoms with Gasteiger partial charge in [0.25, 0.3) is 5.91 Å². The summed E-state index contributed by atoms with van der Waals surface area (Å²) in [6, 6.07) is 9.94. The number of carbonyl (C=O) groups is 1. The number of benzene rings is 1. The first-order chi connectivity index (χ1) is 9.77. The van der Waals surface area contributed by atoms with E-state index < -0.39 is 6.10 Å². The van der Waals surface area contributed by atoms with Crippen molar-refractivity contribution in [3.8, 4) is 0 Å². The third-order valence-corrected chi connectivity index (χ3v) is 4.13. The predicted molar refractivity (Wildman–Crippen MR) is 77.4 cm³/mol. The molecule has 2 aliphatic heterocycles. The van der Waals surface area contributed by atoms with E-state index >= 15 is 0 Å². The van der Waals surface area contributed by atoms with Gasteiger partial charge in [-0.15, -0.1) is 0 Å². The fraction of sp³-hybridized carbons (Fsp3) is 0.500. The first-order valence-electron chi connectivity index (χ1n) is 7.35. The number of nitrogens with zero attached hydrogens (tertiary/aromatic N) is 2. The van der Waals surface area contributed by atoms with E-state index in [0.29, 0.717) is 0 Å². The van der Waals surface area contributed by atoms with Crippen molar-refractivity contribution in [3.63, 3.8) is 0 Å². The summed E-state index contributed by atoms with van der Waals surface area (Å²) in [7, 11) is 0. The first kappa shape index (κ1) is 13.2. The lowest BCUT2D eigenvalue weighted by Gasteiger charge is -2.29. The largest absolute Gasteiger partial charge is 0.381 e. The lowest BCUT2D eigenvalue weighted by Crippen LogP contribution is -2.44. The molecule has 1 aromatic carbocycles. The SMILES string of the molecule is C[C@@H]1C(c2ccccc2)=NO[C@H]1C(=O)N1CCCCC1. The van der Waals surface area contributed by atoms with Crippen molar-refractivity contribution >= 4 is 11.6 Å². The average Bonchev–Trinajstić information content (AvgIpc) is 2.90. The van der Waals surface area contributed by atoms with E-state index in [1.54, 1.807) is 0 Å². The summed E-state index contributed by atoms with van der Waals surface area (Å²) in [5.74, 6) is 0.0960. The molecule has 0 unspecified atom stereocenters. The van der Waals surface area contributed by atoms with E-state index in [1.807, 2.05) is 42.2 Å². The second kappa shape index (κ2) is 5.65. The molecule has 4 nitrogen and oxygen atoms in total. The molecular formula is C16H20N2O2. The highest BCUT2D eigenvalue weighted by Gasteiger charge is 2.39. The Morgan fingerprint density at radius 3 is 2.60 bits per heavy atom. The van der Waals surface area contributed by atoms with Crippen LogP contribution in [-0.4, -0.2) is 35.7 Å². The molecular weight excluding hydrogens is 252 g/mol. The molecule has 20 heavy (non-hydrogen) atoms. The van der Waals surface area contributed by atoms with Gasteiger partial charge >= 0.3 is 0 Å². The van der Waals surface area contributed by atoms with Crippen molar-refractivity contribution in [1.29, 1.82) is 0 Å². The Morgan fingerprint density at radius 1 is 1.20 bits per heavy atom. The van der Waals surface area contributed by atoms with Crippen LogP contribution in [0.5, 0.6) is 0 Å². The minimum Gasteiger partial charge on any atom is -0.381 e. The standard InChI is InChI=1S/C16H20N2O2/c1-12-14(13-8-4-2-5-9-13)17-20-15(12)16(19)18-10-6-3-7-11-18/h2,4-5,8-9,12,15H,3,6-7,10-11H2,1H3/t12-,15-/m1/s1. The first-order valence-corrected chi connectivity index (χ1v) is 7.35. The summed E-state index contributed by atoms with van der Waals surface area (Å²) < 4.78 is 0. The highest BCUT2D eigenvalue weighted by molar-refractivity contribution is 6.05. The number of rotatable bonds is 2.